The van der Waals surface area contributed by atoms with Crippen LogP contribution in [0.15, 0.2) is 54.7 Å². The van der Waals surface area contributed by atoms with Gasteiger partial charge in [-0.05, 0) is 43.3 Å². The van der Waals surface area contributed by atoms with E-state index in [2.05, 4.69) is 4.98 Å². The van der Waals surface area contributed by atoms with Crippen molar-refractivity contribution in [2.45, 2.75) is 6.92 Å². The summed E-state index contributed by atoms with van der Waals surface area (Å²) < 4.78 is 22.6. The molecule has 3 aromatic rings. The Morgan fingerprint density at radius 2 is 1.28 bits per heavy atom. The summed E-state index contributed by atoms with van der Waals surface area (Å²) >= 11 is 0. The molecule has 1 heterocycles. The van der Waals surface area contributed by atoms with Gasteiger partial charge in [0.2, 0.25) is 11.8 Å². The van der Waals surface area contributed by atoms with E-state index < -0.39 is 0 Å². The third kappa shape index (κ3) is 5.81. The fraction of sp³-hybridized carbons (Fsp3) is 0.292. The van der Waals surface area contributed by atoms with Crippen molar-refractivity contribution in [1.82, 2.24) is 9.55 Å². The molecule has 2 N–H and O–H groups in total. The molecule has 0 aliphatic heterocycles. The van der Waals surface area contributed by atoms with Gasteiger partial charge >= 0.3 is 0 Å². The number of hydrogen-bond acceptors (Lipinski definition) is 7. The third-order valence-corrected chi connectivity index (χ3v) is 4.80. The maximum absolute atomic E-state index is 8.01. The number of methoxy groups -OCH3 is 2. The van der Waals surface area contributed by atoms with Crippen molar-refractivity contribution in [2.24, 2.45) is 0 Å². The second-order valence-corrected chi connectivity index (χ2v) is 7.01. The summed E-state index contributed by atoms with van der Waals surface area (Å²) in [5.41, 5.74) is 4.13. The molecule has 168 valence electrons. The number of aromatic nitrogens is 2. The molecule has 2 aromatic carbocycles. The number of imidazole rings is 1. The molecule has 0 fully saturated rings. The molecule has 0 saturated carbocycles. The van der Waals surface area contributed by atoms with E-state index in [1.165, 1.54) is 0 Å². The molecule has 0 radical (unpaired) electrons. The second kappa shape index (κ2) is 11.2. The molecule has 0 spiro atoms. The van der Waals surface area contributed by atoms with Crippen molar-refractivity contribution < 1.29 is 18.9 Å². The van der Waals surface area contributed by atoms with E-state index in [-0.39, 0.29) is 11.8 Å². The van der Waals surface area contributed by atoms with Crippen LogP contribution in [-0.2, 0) is 18.9 Å². The Balaban J connectivity index is 1.70. The van der Waals surface area contributed by atoms with Crippen molar-refractivity contribution >= 4 is 11.8 Å². The van der Waals surface area contributed by atoms with Gasteiger partial charge in [0.15, 0.2) is 0 Å². The highest BCUT2D eigenvalue weighted by atomic mass is 16.5. The van der Waals surface area contributed by atoms with Gasteiger partial charge in [0.05, 0.1) is 18.9 Å². The first-order chi connectivity index (χ1) is 15.5. The normalized spacial score (nSPS) is 10.7. The van der Waals surface area contributed by atoms with Crippen molar-refractivity contribution in [3.63, 3.8) is 0 Å². The van der Waals surface area contributed by atoms with E-state index in [4.69, 9.17) is 29.8 Å². The zero-order chi connectivity index (χ0) is 22.9. The minimum absolute atomic E-state index is 0.118. The topological polar surface area (TPSA) is 102 Å². The summed E-state index contributed by atoms with van der Waals surface area (Å²) in [6, 6.07) is 15.1. The summed E-state index contributed by atoms with van der Waals surface area (Å²) in [7, 11) is 3.20. The van der Waals surface area contributed by atoms with Crippen molar-refractivity contribution in [3.8, 4) is 16.9 Å². The molecule has 0 bridgehead atoms. The van der Waals surface area contributed by atoms with Crippen molar-refractivity contribution in [3.05, 3.63) is 71.7 Å². The van der Waals surface area contributed by atoms with Crippen LogP contribution in [0.5, 0.6) is 0 Å². The second-order valence-electron chi connectivity index (χ2n) is 7.01. The molecule has 0 amide bonds. The van der Waals surface area contributed by atoms with Crippen LogP contribution in [0.3, 0.4) is 0 Å². The maximum atomic E-state index is 8.01. The summed E-state index contributed by atoms with van der Waals surface area (Å²) in [6.45, 7) is 3.53. The average molecular weight is 437 g/mol. The molecule has 0 saturated heterocycles. The largest absolute Gasteiger partial charge is 0.475 e. The van der Waals surface area contributed by atoms with Gasteiger partial charge in [-0.3, -0.25) is 10.8 Å². The van der Waals surface area contributed by atoms with E-state index >= 15 is 0 Å². The number of hydrogen-bond donors (Lipinski definition) is 2. The number of nitrogens with one attached hydrogen (secondary N) is 2. The van der Waals surface area contributed by atoms with Crippen LogP contribution in [0, 0.1) is 17.7 Å². The molecule has 0 atom stereocenters. The van der Waals surface area contributed by atoms with Crippen LogP contribution in [0.2, 0.25) is 0 Å². The van der Waals surface area contributed by atoms with Crippen LogP contribution in [-0.4, -0.2) is 62.0 Å². The predicted octanol–water partition coefficient (Wildman–Crippen LogP) is 3.82. The van der Waals surface area contributed by atoms with E-state index in [0.717, 1.165) is 22.8 Å². The molecule has 0 unspecified atom stereocenters. The Kier molecular flexibility index (Phi) is 8.13. The molecule has 3 rings (SSSR count). The Hall–Kier alpha value is -3.49. The summed E-state index contributed by atoms with van der Waals surface area (Å²) in [6.07, 6.45) is 1.97. The Morgan fingerprint density at radius 3 is 1.78 bits per heavy atom. The van der Waals surface area contributed by atoms with E-state index in [9.17, 15) is 0 Å². The van der Waals surface area contributed by atoms with Gasteiger partial charge in [-0.2, -0.15) is 0 Å². The SMILES string of the molecule is COCCOC(=N)c1ccc(-c2cn(-c3ccc(C(=N)OCCOC)cc3)c(C)n2)cc1. The highest BCUT2D eigenvalue weighted by molar-refractivity contribution is 5.92. The fourth-order valence-electron chi connectivity index (χ4n) is 3.06. The van der Waals surface area contributed by atoms with E-state index in [0.29, 0.717) is 37.6 Å². The van der Waals surface area contributed by atoms with Gasteiger partial charge in [0.1, 0.15) is 19.0 Å². The Labute approximate surface area is 187 Å². The van der Waals surface area contributed by atoms with Gasteiger partial charge in [-0.25, -0.2) is 4.98 Å². The monoisotopic (exact) mass is 436 g/mol. The number of nitrogens with zero attached hydrogens (tertiary/aromatic N) is 2. The van der Waals surface area contributed by atoms with Crippen LogP contribution in [0.4, 0.5) is 0 Å². The lowest BCUT2D eigenvalue weighted by atomic mass is 10.1. The quantitative estimate of drug-likeness (QED) is 0.286. The summed E-state index contributed by atoms with van der Waals surface area (Å²) in [4.78, 5) is 4.68. The molecule has 8 heteroatoms. The first-order valence-corrected chi connectivity index (χ1v) is 10.2. The lowest BCUT2D eigenvalue weighted by Gasteiger charge is -2.09. The van der Waals surface area contributed by atoms with Crippen LogP contribution < -0.4 is 0 Å². The predicted molar refractivity (Wildman–Crippen MR) is 123 cm³/mol. The maximum Gasteiger partial charge on any atom is 0.213 e. The van der Waals surface area contributed by atoms with Gasteiger partial charge in [-0.1, -0.05) is 12.1 Å². The van der Waals surface area contributed by atoms with Gasteiger partial charge in [0, 0.05) is 42.8 Å². The molecule has 8 nitrogen and oxygen atoms in total. The van der Waals surface area contributed by atoms with Crippen LogP contribution in [0.25, 0.3) is 16.9 Å². The number of ether oxygens (including phenoxy) is 4. The lowest BCUT2D eigenvalue weighted by Crippen LogP contribution is -2.10. The van der Waals surface area contributed by atoms with Gasteiger partial charge in [0.25, 0.3) is 0 Å². The highest BCUT2D eigenvalue weighted by Crippen LogP contribution is 2.22. The van der Waals surface area contributed by atoms with Crippen molar-refractivity contribution in [1.29, 1.82) is 10.8 Å². The molecular formula is C24H28N4O4. The zero-order valence-corrected chi connectivity index (χ0v) is 18.6. The minimum Gasteiger partial charge on any atom is -0.475 e. The number of benzene rings is 2. The average Bonchev–Trinajstić information content (AvgIpc) is 3.21. The lowest BCUT2D eigenvalue weighted by molar-refractivity contribution is 0.141. The first kappa shape index (κ1) is 23.2. The Bertz CT molecular complexity index is 1040. The van der Waals surface area contributed by atoms with E-state index in [1.54, 1.807) is 14.2 Å². The minimum atomic E-state index is 0.118. The van der Waals surface area contributed by atoms with Gasteiger partial charge < -0.3 is 23.5 Å². The van der Waals surface area contributed by atoms with Crippen molar-refractivity contribution in [2.75, 3.05) is 40.6 Å². The standard InChI is InChI=1S/C24H28N4O4/c1-17-27-22(18-4-6-19(7-5-18)23(25)31-14-12-29-2)16-28(17)21-10-8-20(9-11-21)24(26)32-15-13-30-3/h4-11,16,25-26H,12-15H2,1-3H3. The highest BCUT2D eigenvalue weighted by Gasteiger charge is 2.10. The summed E-state index contributed by atoms with van der Waals surface area (Å²) in [5, 5.41) is 16.0. The molecule has 32 heavy (non-hydrogen) atoms. The first-order valence-electron chi connectivity index (χ1n) is 10.2. The van der Waals surface area contributed by atoms with Gasteiger partial charge in [-0.15, -0.1) is 0 Å². The van der Waals surface area contributed by atoms with Crippen LogP contribution in [0.1, 0.15) is 17.0 Å². The van der Waals surface area contributed by atoms with Crippen LogP contribution >= 0.6 is 0 Å². The van der Waals surface area contributed by atoms with E-state index in [1.807, 2.05) is 66.2 Å². The number of aryl methyl sites for hydroxylation is 1. The number of rotatable bonds is 10. The zero-order valence-electron chi connectivity index (χ0n) is 18.6. The third-order valence-electron chi connectivity index (χ3n) is 4.80. The smallest absolute Gasteiger partial charge is 0.213 e. The fourth-order valence-corrected chi connectivity index (χ4v) is 3.06. The molecule has 0 aliphatic carbocycles. The Morgan fingerprint density at radius 1 is 0.781 bits per heavy atom. The molecular weight excluding hydrogens is 408 g/mol. The molecule has 0 aliphatic rings. The summed E-state index contributed by atoms with van der Waals surface area (Å²) in [5.74, 6) is 1.08. The molecule has 1 aromatic heterocycles.